The number of cyclic esters (lactones) is 1. The lowest BCUT2D eigenvalue weighted by Gasteiger charge is -2.31. The van der Waals surface area contributed by atoms with Crippen LogP contribution in [0.2, 0.25) is 0 Å². The highest BCUT2D eigenvalue weighted by molar-refractivity contribution is 5.89. The molecule has 3 rings (SSSR count). The van der Waals surface area contributed by atoms with Crippen LogP contribution >= 0.6 is 0 Å². The van der Waals surface area contributed by atoms with Gasteiger partial charge >= 0.3 is 5.97 Å². The van der Waals surface area contributed by atoms with Crippen molar-refractivity contribution in [3.8, 4) is 0 Å². The summed E-state index contributed by atoms with van der Waals surface area (Å²) in [5, 5.41) is 0. The van der Waals surface area contributed by atoms with Gasteiger partial charge < -0.3 is 9.47 Å². The Morgan fingerprint density at radius 3 is 1.96 bits per heavy atom. The van der Waals surface area contributed by atoms with Crippen molar-refractivity contribution < 1.29 is 14.3 Å². The van der Waals surface area contributed by atoms with Crippen LogP contribution in [0.3, 0.4) is 0 Å². The van der Waals surface area contributed by atoms with Gasteiger partial charge in [-0.1, -0.05) is 67.2 Å². The van der Waals surface area contributed by atoms with Crippen LogP contribution in [0.15, 0.2) is 72.8 Å². The Kier molecular flexibility index (Phi) is 5.44. The van der Waals surface area contributed by atoms with E-state index in [4.69, 9.17) is 9.47 Å². The summed E-state index contributed by atoms with van der Waals surface area (Å²) in [5.41, 5.74) is 2.86. The summed E-state index contributed by atoms with van der Waals surface area (Å²) in [7, 11) is 0. The molecular weight excluding hydrogens is 300 g/mol. The van der Waals surface area contributed by atoms with E-state index < -0.39 is 6.29 Å². The maximum atomic E-state index is 12.0. The first-order valence-electron chi connectivity index (χ1n) is 8.35. The molecule has 0 saturated carbocycles. The molecule has 2 aromatic rings. The molecule has 1 heterocycles. The molecule has 1 aliphatic rings. The van der Waals surface area contributed by atoms with Crippen LogP contribution in [-0.4, -0.2) is 18.4 Å². The van der Waals surface area contributed by atoms with Crippen molar-refractivity contribution in [3.63, 3.8) is 0 Å². The summed E-state index contributed by atoms with van der Waals surface area (Å²) in [6.07, 6.45) is 2.29. The first kappa shape index (κ1) is 16.5. The Labute approximate surface area is 142 Å². The first-order chi connectivity index (χ1) is 11.7. The zero-order chi connectivity index (χ0) is 16.8. The van der Waals surface area contributed by atoms with Crippen molar-refractivity contribution >= 4 is 5.97 Å². The lowest BCUT2D eigenvalue weighted by molar-refractivity contribution is -0.202. The number of rotatable bonds is 6. The molecule has 1 fully saturated rings. The summed E-state index contributed by atoms with van der Waals surface area (Å²) < 4.78 is 11.3. The highest BCUT2D eigenvalue weighted by atomic mass is 16.7. The lowest BCUT2D eigenvalue weighted by Crippen LogP contribution is -2.38. The molecule has 3 heteroatoms. The van der Waals surface area contributed by atoms with E-state index in [0.717, 1.165) is 19.3 Å². The summed E-state index contributed by atoms with van der Waals surface area (Å²) in [6.45, 7) is 3.84. The normalized spacial score (nSPS) is 20.7. The van der Waals surface area contributed by atoms with Gasteiger partial charge in [0.15, 0.2) is 0 Å². The fourth-order valence-corrected chi connectivity index (χ4v) is 2.86. The zero-order valence-corrected chi connectivity index (χ0v) is 13.7. The molecule has 124 valence electrons. The Hall–Kier alpha value is -2.39. The van der Waals surface area contributed by atoms with Gasteiger partial charge in [0.05, 0.1) is 11.7 Å². The van der Waals surface area contributed by atoms with Gasteiger partial charge in [0.2, 0.25) is 6.29 Å². The fourth-order valence-electron chi connectivity index (χ4n) is 2.86. The van der Waals surface area contributed by atoms with Gasteiger partial charge in [-0.15, -0.1) is 0 Å². The van der Waals surface area contributed by atoms with E-state index in [0.29, 0.717) is 12.0 Å². The van der Waals surface area contributed by atoms with Crippen LogP contribution < -0.4 is 0 Å². The second-order valence-corrected chi connectivity index (χ2v) is 6.03. The van der Waals surface area contributed by atoms with E-state index in [2.05, 4.69) is 30.8 Å². The molecule has 24 heavy (non-hydrogen) atoms. The number of carbonyl (C=O) groups excluding carboxylic acids is 1. The van der Waals surface area contributed by atoms with Crippen molar-refractivity contribution in [1.29, 1.82) is 0 Å². The monoisotopic (exact) mass is 322 g/mol. The van der Waals surface area contributed by atoms with Crippen LogP contribution in [-0.2, 0) is 27.1 Å². The Balaban J connectivity index is 1.56. The maximum absolute atomic E-state index is 12.0. The predicted molar refractivity (Wildman–Crippen MR) is 93.4 cm³/mol. The van der Waals surface area contributed by atoms with Crippen molar-refractivity contribution in [2.75, 3.05) is 0 Å². The van der Waals surface area contributed by atoms with Crippen LogP contribution in [0.4, 0.5) is 0 Å². The summed E-state index contributed by atoms with van der Waals surface area (Å²) in [4.78, 5) is 12.0. The highest BCUT2D eigenvalue weighted by Gasteiger charge is 2.32. The lowest BCUT2D eigenvalue weighted by atomic mass is 10.0. The van der Waals surface area contributed by atoms with Crippen LogP contribution in [0.25, 0.3) is 0 Å². The van der Waals surface area contributed by atoms with Crippen LogP contribution in [0.1, 0.15) is 24.0 Å². The van der Waals surface area contributed by atoms with Crippen molar-refractivity contribution in [2.45, 2.75) is 38.1 Å². The van der Waals surface area contributed by atoms with Gasteiger partial charge in [-0.25, -0.2) is 4.79 Å². The quantitative estimate of drug-likeness (QED) is 0.594. The molecule has 0 amide bonds. The van der Waals surface area contributed by atoms with E-state index in [1.54, 1.807) is 0 Å². The third-order valence-corrected chi connectivity index (χ3v) is 4.25. The standard InChI is InChI=1S/C21H22O3/c1-16-19(14-12-17-8-4-2-5-9-17)23-20(24-21(16)22)15-13-18-10-6-3-7-11-18/h2-11,19-20H,1,12-15H2. The third-order valence-electron chi connectivity index (χ3n) is 4.25. The Morgan fingerprint density at radius 2 is 1.38 bits per heavy atom. The molecule has 1 aliphatic heterocycles. The molecule has 0 bridgehead atoms. The SMILES string of the molecule is C=C1C(=O)OC(CCc2ccccc2)OC1CCc1ccccc1. The van der Waals surface area contributed by atoms with E-state index in [-0.39, 0.29) is 12.1 Å². The predicted octanol–water partition coefficient (Wildman–Crippen LogP) is 4.08. The number of ether oxygens (including phenoxy) is 2. The number of aryl methyl sites for hydroxylation is 2. The van der Waals surface area contributed by atoms with Crippen molar-refractivity contribution in [1.82, 2.24) is 0 Å². The molecule has 2 aromatic carbocycles. The molecule has 0 radical (unpaired) electrons. The molecule has 0 aromatic heterocycles. The van der Waals surface area contributed by atoms with E-state index in [1.165, 1.54) is 11.1 Å². The number of benzene rings is 2. The number of hydrogen-bond acceptors (Lipinski definition) is 3. The largest absolute Gasteiger partial charge is 0.432 e. The van der Waals surface area contributed by atoms with Gasteiger partial charge in [0.25, 0.3) is 0 Å². The van der Waals surface area contributed by atoms with Gasteiger partial charge in [-0.3, -0.25) is 0 Å². The van der Waals surface area contributed by atoms with Crippen molar-refractivity contribution in [3.05, 3.63) is 83.9 Å². The van der Waals surface area contributed by atoms with E-state index in [9.17, 15) is 4.79 Å². The topological polar surface area (TPSA) is 35.5 Å². The summed E-state index contributed by atoms with van der Waals surface area (Å²) in [6, 6.07) is 20.3. The van der Waals surface area contributed by atoms with Crippen LogP contribution in [0.5, 0.6) is 0 Å². The zero-order valence-electron chi connectivity index (χ0n) is 13.7. The minimum absolute atomic E-state index is 0.271. The summed E-state index contributed by atoms with van der Waals surface area (Å²) >= 11 is 0. The smallest absolute Gasteiger partial charge is 0.338 e. The molecule has 1 saturated heterocycles. The molecular formula is C21H22O3. The van der Waals surface area contributed by atoms with Gasteiger partial charge in [-0.05, 0) is 30.4 Å². The number of carbonyl (C=O) groups is 1. The van der Waals surface area contributed by atoms with Gasteiger partial charge in [0.1, 0.15) is 0 Å². The van der Waals surface area contributed by atoms with E-state index >= 15 is 0 Å². The minimum atomic E-state index is -0.496. The van der Waals surface area contributed by atoms with Crippen LogP contribution in [0, 0.1) is 0 Å². The average molecular weight is 322 g/mol. The number of esters is 1. The maximum Gasteiger partial charge on any atom is 0.338 e. The highest BCUT2D eigenvalue weighted by Crippen LogP contribution is 2.24. The number of hydrogen-bond donors (Lipinski definition) is 0. The molecule has 2 unspecified atom stereocenters. The van der Waals surface area contributed by atoms with Gasteiger partial charge in [-0.2, -0.15) is 0 Å². The molecule has 0 N–H and O–H groups in total. The average Bonchev–Trinajstić information content (AvgIpc) is 2.63. The van der Waals surface area contributed by atoms with Gasteiger partial charge in [0, 0.05) is 6.42 Å². The molecule has 3 nitrogen and oxygen atoms in total. The Morgan fingerprint density at radius 1 is 0.833 bits per heavy atom. The van der Waals surface area contributed by atoms with Crippen molar-refractivity contribution in [2.24, 2.45) is 0 Å². The molecule has 2 atom stereocenters. The van der Waals surface area contributed by atoms with E-state index in [1.807, 2.05) is 36.4 Å². The molecule has 0 aliphatic carbocycles. The minimum Gasteiger partial charge on any atom is -0.432 e. The third kappa shape index (κ3) is 4.33. The first-order valence-corrected chi connectivity index (χ1v) is 8.35. The fraction of sp³-hybridized carbons (Fsp3) is 0.286. The molecule has 0 spiro atoms. The Bertz CT molecular complexity index is 679. The second-order valence-electron chi connectivity index (χ2n) is 6.03. The summed E-state index contributed by atoms with van der Waals surface area (Å²) in [5.74, 6) is -0.336. The second kappa shape index (κ2) is 7.93.